The topological polar surface area (TPSA) is 89.9 Å². The maximum absolute atomic E-state index is 11.9. The van der Waals surface area contributed by atoms with E-state index in [0.717, 1.165) is 0 Å². The molecule has 1 aromatic carbocycles. The van der Waals surface area contributed by atoms with Gasteiger partial charge in [0.1, 0.15) is 6.04 Å². The first kappa shape index (κ1) is 14.8. The van der Waals surface area contributed by atoms with Crippen molar-refractivity contribution >= 4 is 11.8 Å². The van der Waals surface area contributed by atoms with Crippen LogP contribution in [0.3, 0.4) is 0 Å². The Kier molecular flexibility index (Phi) is 4.74. The molecule has 0 aliphatic rings. The van der Waals surface area contributed by atoms with Crippen LogP contribution in [0.25, 0.3) is 0 Å². The number of hydrogen-bond acceptors (Lipinski definition) is 4. The number of hydrogen-bond donors (Lipinski definition) is 3. The first-order valence-corrected chi connectivity index (χ1v) is 5.95. The average molecular weight is 266 g/mol. The van der Waals surface area contributed by atoms with Crippen molar-refractivity contribution < 1.29 is 19.8 Å². The highest BCUT2D eigenvalue weighted by molar-refractivity contribution is 6.00. The van der Waals surface area contributed by atoms with E-state index in [1.807, 2.05) is 6.92 Å². The second kappa shape index (κ2) is 6.08. The number of phenolic OH excluding ortho intramolecular Hbond substituents is 2. The molecule has 0 aliphatic carbocycles. The minimum atomic E-state index is -0.709. The molecule has 1 unspecified atom stereocenters. The van der Waals surface area contributed by atoms with Gasteiger partial charge in [0, 0.05) is 13.6 Å². The molecule has 1 atom stereocenters. The summed E-state index contributed by atoms with van der Waals surface area (Å²) in [5.74, 6) is -1.71. The number of carbonyl (C=O) groups excluding carboxylic acids is 2. The fraction of sp³-hybridized carbons (Fsp3) is 0.385. The van der Waals surface area contributed by atoms with Crippen LogP contribution in [0, 0.1) is 0 Å². The van der Waals surface area contributed by atoms with Crippen LogP contribution in [0.2, 0.25) is 0 Å². The van der Waals surface area contributed by atoms with Crippen LogP contribution in [-0.2, 0) is 4.79 Å². The third-order valence-electron chi connectivity index (χ3n) is 2.83. The highest BCUT2D eigenvalue weighted by Crippen LogP contribution is 2.27. The van der Waals surface area contributed by atoms with E-state index in [9.17, 15) is 19.8 Å². The number of para-hydroxylation sites is 1. The van der Waals surface area contributed by atoms with Crippen LogP contribution in [0.15, 0.2) is 18.2 Å². The number of rotatable bonds is 4. The van der Waals surface area contributed by atoms with Gasteiger partial charge in [0.2, 0.25) is 5.91 Å². The highest BCUT2D eigenvalue weighted by atomic mass is 16.3. The Hall–Kier alpha value is -2.24. The Labute approximate surface area is 111 Å². The Morgan fingerprint density at radius 3 is 2.58 bits per heavy atom. The second-order valence-corrected chi connectivity index (χ2v) is 4.22. The molecule has 0 radical (unpaired) electrons. The standard InChI is InChI=1S/C13H18N2O4/c1-4-15(3)13(19)8(2)14-12(18)9-6-5-7-10(16)11(9)17/h5-8,16-17H,4H2,1-3H3,(H,14,18). The smallest absolute Gasteiger partial charge is 0.255 e. The minimum Gasteiger partial charge on any atom is -0.504 e. The number of phenols is 2. The Morgan fingerprint density at radius 2 is 2.00 bits per heavy atom. The zero-order valence-electron chi connectivity index (χ0n) is 11.2. The molecule has 19 heavy (non-hydrogen) atoms. The number of nitrogens with zero attached hydrogens (tertiary/aromatic N) is 1. The van der Waals surface area contributed by atoms with Crippen molar-refractivity contribution in [2.75, 3.05) is 13.6 Å². The number of aromatic hydroxyl groups is 2. The van der Waals surface area contributed by atoms with E-state index in [2.05, 4.69) is 5.32 Å². The molecule has 3 N–H and O–H groups in total. The molecule has 1 rings (SSSR count). The van der Waals surface area contributed by atoms with Crippen LogP contribution in [0.5, 0.6) is 11.5 Å². The van der Waals surface area contributed by atoms with Crippen LogP contribution in [0.4, 0.5) is 0 Å². The summed E-state index contributed by atoms with van der Waals surface area (Å²) in [4.78, 5) is 25.2. The van der Waals surface area contributed by atoms with Gasteiger partial charge in [0.15, 0.2) is 11.5 Å². The Balaban J connectivity index is 2.80. The lowest BCUT2D eigenvalue weighted by Gasteiger charge is -2.20. The molecule has 0 saturated heterocycles. The summed E-state index contributed by atoms with van der Waals surface area (Å²) in [6, 6.07) is 3.37. The van der Waals surface area contributed by atoms with Gasteiger partial charge in [-0.2, -0.15) is 0 Å². The van der Waals surface area contributed by atoms with Crippen molar-refractivity contribution in [2.24, 2.45) is 0 Å². The van der Waals surface area contributed by atoms with E-state index < -0.39 is 17.7 Å². The normalized spacial score (nSPS) is 11.7. The first-order valence-electron chi connectivity index (χ1n) is 5.95. The molecule has 0 bridgehead atoms. The van der Waals surface area contributed by atoms with Gasteiger partial charge in [-0.25, -0.2) is 0 Å². The van der Waals surface area contributed by atoms with Crippen molar-refractivity contribution in [1.82, 2.24) is 10.2 Å². The molecule has 0 aliphatic heterocycles. The number of carbonyl (C=O) groups is 2. The summed E-state index contributed by atoms with van der Waals surface area (Å²) in [6.07, 6.45) is 0. The number of likely N-dealkylation sites (N-methyl/N-ethyl adjacent to an activating group) is 1. The van der Waals surface area contributed by atoms with Crippen LogP contribution < -0.4 is 5.32 Å². The van der Waals surface area contributed by atoms with E-state index in [4.69, 9.17) is 0 Å². The summed E-state index contributed by atoms with van der Waals surface area (Å²) in [6.45, 7) is 3.93. The van der Waals surface area contributed by atoms with E-state index in [0.29, 0.717) is 6.54 Å². The zero-order valence-corrected chi connectivity index (χ0v) is 11.2. The monoisotopic (exact) mass is 266 g/mol. The average Bonchev–Trinajstić information content (AvgIpc) is 2.39. The molecule has 6 nitrogen and oxygen atoms in total. The maximum Gasteiger partial charge on any atom is 0.255 e. The van der Waals surface area contributed by atoms with Crippen LogP contribution in [-0.4, -0.2) is 46.6 Å². The third kappa shape index (κ3) is 3.37. The van der Waals surface area contributed by atoms with Crippen LogP contribution in [0.1, 0.15) is 24.2 Å². The Morgan fingerprint density at radius 1 is 1.37 bits per heavy atom. The summed E-state index contributed by atoms with van der Waals surface area (Å²) < 4.78 is 0. The molecule has 0 spiro atoms. The lowest BCUT2D eigenvalue weighted by molar-refractivity contribution is -0.131. The molecule has 0 heterocycles. The lowest BCUT2D eigenvalue weighted by atomic mass is 10.1. The summed E-state index contributed by atoms with van der Waals surface area (Å²) >= 11 is 0. The number of nitrogens with one attached hydrogen (secondary N) is 1. The van der Waals surface area contributed by atoms with Gasteiger partial charge < -0.3 is 20.4 Å². The van der Waals surface area contributed by atoms with Gasteiger partial charge in [-0.15, -0.1) is 0 Å². The molecule has 1 aromatic rings. The molecule has 6 heteroatoms. The van der Waals surface area contributed by atoms with E-state index in [1.165, 1.54) is 23.1 Å². The maximum atomic E-state index is 11.9. The quantitative estimate of drug-likeness (QED) is 0.700. The van der Waals surface area contributed by atoms with E-state index >= 15 is 0 Å². The molecular formula is C13H18N2O4. The molecule has 0 fully saturated rings. The van der Waals surface area contributed by atoms with Crippen molar-refractivity contribution in [3.05, 3.63) is 23.8 Å². The van der Waals surface area contributed by atoms with Gasteiger partial charge in [0.05, 0.1) is 5.56 Å². The molecule has 0 saturated carbocycles. The van der Waals surface area contributed by atoms with E-state index in [1.54, 1.807) is 14.0 Å². The predicted octanol–water partition coefficient (Wildman–Crippen LogP) is 0.694. The van der Waals surface area contributed by atoms with Gasteiger partial charge >= 0.3 is 0 Å². The third-order valence-corrected chi connectivity index (χ3v) is 2.83. The highest BCUT2D eigenvalue weighted by Gasteiger charge is 2.21. The second-order valence-electron chi connectivity index (χ2n) is 4.22. The van der Waals surface area contributed by atoms with Crippen molar-refractivity contribution in [3.8, 4) is 11.5 Å². The summed E-state index contributed by atoms with van der Waals surface area (Å²) in [5, 5.41) is 21.4. The molecular weight excluding hydrogens is 248 g/mol. The van der Waals surface area contributed by atoms with Gasteiger partial charge in [-0.1, -0.05) is 6.07 Å². The summed E-state index contributed by atoms with van der Waals surface area (Å²) in [7, 11) is 1.64. The largest absolute Gasteiger partial charge is 0.504 e. The van der Waals surface area contributed by atoms with E-state index in [-0.39, 0.29) is 17.2 Å². The zero-order chi connectivity index (χ0) is 14.6. The number of amides is 2. The Bertz CT molecular complexity index is 488. The van der Waals surface area contributed by atoms with Gasteiger partial charge in [0.25, 0.3) is 5.91 Å². The summed E-state index contributed by atoms with van der Waals surface area (Å²) in [5.41, 5.74) is -0.0706. The van der Waals surface area contributed by atoms with Crippen LogP contribution >= 0.6 is 0 Å². The lowest BCUT2D eigenvalue weighted by Crippen LogP contribution is -2.45. The van der Waals surface area contributed by atoms with Gasteiger partial charge in [-0.3, -0.25) is 9.59 Å². The molecule has 104 valence electrons. The molecule has 2 amide bonds. The van der Waals surface area contributed by atoms with Crippen molar-refractivity contribution in [1.29, 1.82) is 0 Å². The molecule has 0 aromatic heterocycles. The minimum absolute atomic E-state index is 0.0706. The SMILES string of the molecule is CCN(C)C(=O)C(C)NC(=O)c1cccc(O)c1O. The van der Waals surface area contributed by atoms with Crippen molar-refractivity contribution in [3.63, 3.8) is 0 Å². The predicted molar refractivity (Wildman–Crippen MR) is 70.0 cm³/mol. The fourth-order valence-corrected chi connectivity index (χ4v) is 1.54. The van der Waals surface area contributed by atoms with Gasteiger partial charge in [-0.05, 0) is 26.0 Å². The first-order chi connectivity index (χ1) is 8.88. The number of benzene rings is 1. The fourth-order valence-electron chi connectivity index (χ4n) is 1.54. The van der Waals surface area contributed by atoms with Crippen molar-refractivity contribution in [2.45, 2.75) is 19.9 Å².